The van der Waals surface area contributed by atoms with Gasteiger partial charge in [0.15, 0.2) is 5.65 Å². The van der Waals surface area contributed by atoms with Gasteiger partial charge in [-0.3, -0.25) is 14.2 Å². The lowest BCUT2D eigenvalue weighted by molar-refractivity contribution is 0.0952. The quantitative estimate of drug-likeness (QED) is 0.488. The van der Waals surface area contributed by atoms with Crippen molar-refractivity contribution in [1.82, 2.24) is 24.6 Å². The van der Waals surface area contributed by atoms with Crippen LogP contribution < -0.4 is 10.9 Å². The Labute approximate surface area is 175 Å². The van der Waals surface area contributed by atoms with Gasteiger partial charge >= 0.3 is 0 Å². The lowest BCUT2D eigenvalue weighted by Crippen LogP contribution is -2.27. The number of hydrogen-bond donors (Lipinski definition) is 1. The van der Waals surface area contributed by atoms with Crippen molar-refractivity contribution < 1.29 is 4.79 Å². The van der Waals surface area contributed by atoms with Gasteiger partial charge < -0.3 is 5.32 Å². The molecule has 4 aromatic rings. The minimum Gasteiger partial charge on any atom is -0.350 e. The van der Waals surface area contributed by atoms with E-state index in [4.69, 9.17) is 0 Å². The molecule has 0 aliphatic rings. The van der Waals surface area contributed by atoms with E-state index in [-0.39, 0.29) is 11.5 Å². The number of rotatable bonds is 6. The highest BCUT2D eigenvalue weighted by Crippen LogP contribution is 2.10. The number of nitrogens with zero attached hydrogens (tertiary/aromatic N) is 4. The number of hydrogen-bond acceptors (Lipinski definition) is 4. The summed E-state index contributed by atoms with van der Waals surface area (Å²) in [5.74, 6) is -0.160. The van der Waals surface area contributed by atoms with Crippen LogP contribution in [0.15, 0.2) is 76.4 Å². The Morgan fingerprint density at radius 1 is 1.07 bits per heavy atom. The van der Waals surface area contributed by atoms with Crippen molar-refractivity contribution in [2.45, 2.75) is 13.1 Å². The molecule has 0 aliphatic carbocycles. The molecule has 8 heteroatoms. The molecule has 0 saturated heterocycles. The number of carbonyl (C=O) groups excluding carboxylic acids is 1. The average molecular weight is 452 g/mol. The van der Waals surface area contributed by atoms with Gasteiger partial charge in [-0.25, -0.2) is 9.67 Å². The maximum absolute atomic E-state index is 12.7. The smallest absolute Gasteiger partial charge is 0.264 e. The predicted octanol–water partition coefficient (Wildman–Crippen LogP) is 2.83. The van der Waals surface area contributed by atoms with Crippen LogP contribution >= 0.6 is 15.9 Å². The van der Waals surface area contributed by atoms with Gasteiger partial charge in [0.05, 0.1) is 19.3 Å². The van der Waals surface area contributed by atoms with Crippen LogP contribution in [0.4, 0.5) is 0 Å². The predicted molar refractivity (Wildman–Crippen MR) is 114 cm³/mol. The van der Waals surface area contributed by atoms with Crippen LogP contribution in [-0.4, -0.2) is 31.8 Å². The summed E-state index contributed by atoms with van der Waals surface area (Å²) in [6, 6.07) is 16.9. The van der Waals surface area contributed by atoms with E-state index in [2.05, 4.69) is 31.3 Å². The Hall–Kier alpha value is -3.26. The Morgan fingerprint density at radius 2 is 1.83 bits per heavy atom. The number of benzene rings is 2. The van der Waals surface area contributed by atoms with Gasteiger partial charge in [0.25, 0.3) is 11.5 Å². The van der Waals surface area contributed by atoms with E-state index in [0.29, 0.717) is 36.2 Å². The average Bonchev–Trinajstić information content (AvgIpc) is 3.15. The molecular formula is C21H18BrN5O2. The minimum atomic E-state index is -0.160. The molecule has 0 radical (unpaired) electrons. The molecule has 1 amide bonds. The molecule has 0 atom stereocenters. The summed E-state index contributed by atoms with van der Waals surface area (Å²) in [5, 5.41) is 7.58. The first kappa shape index (κ1) is 19.1. The van der Waals surface area contributed by atoms with Gasteiger partial charge in [-0.05, 0) is 29.8 Å². The number of fused-ring (bicyclic) bond motifs is 1. The van der Waals surface area contributed by atoms with Crippen LogP contribution in [0, 0.1) is 0 Å². The molecule has 2 aromatic carbocycles. The highest BCUT2D eigenvalue weighted by atomic mass is 79.9. The Morgan fingerprint density at radius 3 is 2.59 bits per heavy atom. The van der Waals surface area contributed by atoms with E-state index in [1.807, 2.05) is 42.5 Å². The Bertz CT molecular complexity index is 1200. The zero-order valence-corrected chi connectivity index (χ0v) is 17.0. The molecule has 0 unspecified atom stereocenters. The third-order valence-corrected chi connectivity index (χ3v) is 5.06. The molecule has 0 saturated carbocycles. The van der Waals surface area contributed by atoms with E-state index in [1.165, 1.54) is 12.5 Å². The summed E-state index contributed by atoms with van der Waals surface area (Å²) in [4.78, 5) is 29.3. The summed E-state index contributed by atoms with van der Waals surface area (Å²) in [5.41, 5.74) is 1.99. The van der Waals surface area contributed by atoms with Gasteiger partial charge in [-0.1, -0.05) is 46.3 Å². The topological polar surface area (TPSA) is 81.8 Å². The van der Waals surface area contributed by atoms with Gasteiger partial charge in [-0.2, -0.15) is 5.10 Å². The lowest BCUT2D eigenvalue weighted by atomic mass is 10.2. The van der Waals surface area contributed by atoms with Crippen molar-refractivity contribution in [3.8, 4) is 0 Å². The third kappa shape index (κ3) is 4.27. The molecule has 0 spiro atoms. The highest BCUT2D eigenvalue weighted by Gasteiger charge is 2.11. The van der Waals surface area contributed by atoms with Crippen molar-refractivity contribution in [2.75, 3.05) is 6.54 Å². The van der Waals surface area contributed by atoms with Crippen molar-refractivity contribution in [3.05, 3.63) is 93.1 Å². The first-order chi connectivity index (χ1) is 14.1. The Balaban J connectivity index is 1.45. The maximum Gasteiger partial charge on any atom is 0.264 e. The first-order valence-corrected chi connectivity index (χ1v) is 9.90. The van der Waals surface area contributed by atoms with E-state index in [9.17, 15) is 9.59 Å². The zero-order chi connectivity index (χ0) is 20.2. The minimum absolute atomic E-state index is 0.135. The Kier molecular flexibility index (Phi) is 5.53. The van der Waals surface area contributed by atoms with Crippen LogP contribution in [0.3, 0.4) is 0 Å². The first-order valence-electron chi connectivity index (χ1n) is 9.10. The number of halogens is 1. The molecule has 0 fully saturated rings. The van der Waals surface area contributed by atoms with Crippen LogP contribution in [0.5, 0.6) is 0 Å². The number of amides is 1. The normalized spacial score (nSPS) is 10.9. The molecule has 0 aliphatic heterocycles. The molecular weight excluding hydrogens is 434 g/mol. The van der Waals surface area contributed by atoms with Gasteiger partial charge in [0.2, 0.25) is 0 Å². The number of aromatic nitrogens is 4. The van der Waals surface area contributed by atoms with E-state index >= 15 is 0 Å². The maximum atomic E-state index is 12.7. The summed E-state index contributed by atoms with van der Waals surface area (Å²) in [6.07, 6.45) is 3.07. The van der Waals surface area contributed by atoms with Gasteiger partial charge in [0, 0.05) is 16.6 Å². The second-order valence-electron chi connectivity index (χ2n) is 6.53. The summed E-state index contributed by atoms with van der Waals surface area (Å²) < 4.78 is 4.12. The fourth-order valence-corrected chi connectivity index (χ4v) is 3.30. The zero-order valence-electron chi connectivity index (χ0n) is 15.5. The molecule has 29 heavy (non-hydrogen) atoms. The van der Waals surface area contributed by atoms with Crippen LogP contribution in [0.25, 0.3) is 11.0 Å². The van der Waals surface area contributed by atoms with E-state index < -0.39 is 0 Å². The van der Waals surface area contributed by atoms with Crippen LogP contribution in [0.2, 0.25) is 0 Å². The summed E-state index contributed by atoms with van der Waals surface area (Å²) in [6.45, 7) is 1.25. The van der Waals surface area contributed by atoms with E-state index in [1.54, 1.807) is 21.4 Å². The van der Waals surface area contributed by atoms with Crippen molar-refractivity contribution in [1.29, 1.82) is 0 Å². The van der Waals surface area contributed by atoms with Gasteiger partial charge in [-0.15, -0.1) is 0 Å². The van der Waals surface area contributed by atoms with Crippen LogP contribution in [0.1, 0.15) is 15.9 Å². The standard InChI is InChI=1S/C21H18BrN5O2/c22-17-8-6-16(7-9-17)20(28)23-10-11-27-19-18(12-25-27)21(29)26(14-24-19)13-15-4-2-1-3-5-15/h1-9,12,14H,10-11,13H2,(H,23,28). The lowest BCUT2D eigenvalue weighted by Gasteiger charge is -2.08. The second kappa shape index (κ2) is 8.40. The molecule has 0 bridgehead atoms. The number of carbonyl (C=O) groups is 1. The molecule has 2 heterocycles. The summed E-state index contributed by atoms with van der Waals surface area (Å²) in [7, 11) is 0. The molecule has 7 nitrogen and oxygen atoms in total. The fraction of sp³-hybridized carbons (Fsp3) is 0.143. The van der Waals surface area contributed by atoms with E-state index in [0.717, 1.165) is 10.0 Å². The van der Waals surface area contributed by atoms with Crippen LogP contribution in [-0.2, 0) is 13.1 Å². The van der Waals surface area contributed by atoms with Crippen molar-refractivity contribution in [2.24, 2.45) is 0 Å². The molecule has 146 valence electrons. The van der Waals surface area contributed by atoms with Gasteiger partial charge in [0.1, 0.15) is 11.7 Å². The monoisotopic (exact) mass is 451 g/mol. The number of nitrogens with one attached hydrogen (secondary N) is 1. The third-order valence-electron chi connectivity index (χ3n) is 4.53. The SMILES string of the molecule is O=C(NCCn1ncc2c(=O)n(Cc3ccccc3)cnc21)c1ccc(Br)cc1. The largest absolute Gasteiger partial charge is 0.350 e. The molecule has 1 N–H and O–H groups in total. The molecule has 2 aromatic heterocycles. The second-order valence-corrected chi connectivity index (χ2v) is 7.45. The van der Waals surface area contributed by atoms with Crippen molar-refractivity contribution in [3.63, 3.8) is 0 Å². The molecule has 4 rings (SSSR count). The summed E-state index contributed by atoms with van der Waals surface area (Å²) >= 11 is 3.35. The highest BCUT2D eigenvalue weighted by molar-refractivity contribution is 9.10. The fourth-order valence-electron chi connectivity index (χ4n) is 3.03. The van der Waals surface area contributed by atoms with Crippen molar-refractivity contribution >= 4 is 32.9 Å².